The van der Waals surface area contributed by atoms with Gasteiger partial charge in [0.25, 0.3) is 0 Å². The van der Waals surface area contributed by atoms with Crippen molar-refractivity contribution in [3.8, 4) is 0 Å². The molecule has 1 rings (SSSR count). The fraction of sp³-hybridized carbons (Fsp3) is 0.818. The van der Waals surface area contributed by atoms with Gasteiger partial charge in [-0.15, -0.1) is 0 Å². The summed E-state index contributed by atoms with van der Waals surface area (Å²) in [6.07, 6.45) is 2.01. The number of amides is 2. The molecule has 0 aromatic heterocycles. The van der Waals surface area contributed by atoms with Gasteiger partial charge in [-0.3, -0.25) is 9.59 Å². The number of nitrogens with two attached hydrogens (primary N) is 1. The molecule has 1 fully saturated rings. The number of carbonyl (C=O) groups excluding carboxylic acids is 2. The molecule has 0 spiro atoms. The van der Waals surface area contributed by atoms with Crippen molar-refractivity contribution in [2.45, 2.75) is 45.2 Å². The van der Waals surface area contributed by atoms with Gasteiger partial charge in [-0.25, -0.2) is 0 Å². The van der Waals surface area contributed by atoms with Gasteiger partial charge in [0.05, 0.1) is 5.92 Å². The topological polar surface area (TPSA) is 84.2 Å². The Hall–Kier alpha value is -1.10. The summed E-state index contributed by atoms with van der Waals surface area (Å²) in [5.41, 5.74) is 5.54. The van der Waals surface area contributed by atoms with Crippen molar-refractivity contribution < 1.29 is 9.59 Å². The van der Waals surface area contributed by atoms with E-state index in [1.165, 1.54) is 0 Å². The Morgan fingerprint density at radius 3 is 2.62 bits per heavy atom. The zero-order chi connectivity index (χ0) is 12.1. The van der Waals surface area contributed by atoms with E-state index < -0.39 is 0 Å². The largest absolute Gasteiger partial charge is 0.355 e. The smallest absolute Gasteiger partial charge is 0.224 e. The summed E-state index contributed by atoms with van der Waals surface area (Å²) < 4.78 is 0. The lowest BCUT2D eigenvalue weighted by molar-refractivity contribution is -0.123. The highest BCUT2D eigenvalue weighted by atomic mass is 16.2. The SMILES string of the molecule is CCC(C)NC(=O)CCNC(=O)C1CC1N. The second-order valence-corrected chi connectivity index (χ2v) is 4.42. The number of rotatable bonds is 6. The van der Waals surface area contributed by atoms with Crippen molar-refractivity contribution in [1.82, 2.24) is 10.6 Å². The van der Waals surface area contributed by atoms with Crippen LogP contribution in [-0.4, -0.2) is 30.4 Å². The van der Waals surface area contributed by atoms with Crippen LogP contribution in [0.25, 0.3) is 0 Å². The molecule has 0 saturated heterocycles. The summed E-state index contributed by atoms with van der Waals surface area (Å²) >= 11 is 0. The molecule has 1 aliphatic carbocycles. The number of carbonyl (C=O) groups is 2. The molecule has 3 unspecified atom stereocenters. The molecule has 1 saturated carbocycles. The molecule has 16 heavy (non-hydrogen) atoms. The summed E-state index contributed by atoms with van der Waals surface area (Å²) in [6, 6.07) is 0.217. The van der Waals surface area contributed by atoms with E-state index in [0.717, 1.165) is 12.8 Å². The normalized spacial score (nSPS) is 24.7. The Labute approximate surface area is 96.1 Å². The molecular weight excluding hydrogens is 206 g/mol. The minimum atomic E-state index is -0.0300. The highest BCUT2D eigenvalue weighted by molar-refractivity contribution is 5.83. The van der Waals surface area contributed by atoms with E-state index in [-0.39, 0.29) is 29.8 Å². The number of hydrogen-bond acceptors (Lipinski definition) is 3. The van der Waals surface area contributed by atoms with Gasteiger partial charge in [-0.2, -0.15) is 0 Å². The molecular formula is C11H21N3O2. The molecule has 3 atom stereocenters. The Balaban J connectivity index is 2.06. The third-order valence-corrected chi connectivity index (χ3v) is 2.85. The Kier molecular flexibility index (Phi) is 4.73. The molecule has 0 aliphatic heterocycles. The summed E-state index contributed by atoms with van der Waals surface area (Å²) in [5, 5.41) is 5.56. The van der Waals surface area contributed by atoms with Gasteiger partial charge in [-0.1, -0.05) is 6.92 Å². The van der Waals surface area contributed by atoms with E-state index in [1.807, 2.05) is 13.8 Å². The first-order valence-electron chi connectivity index (χ1n) is 5.87. The highest BCUT2D eigenvalue weighted by Gasteiger charge is 2.39. The highest BCUT2D eigenvalue weighted by Crippen LogP contribution is 2.27. The van der Waals surface area contributed by atoms with E-state index in [1.54, 1.807) is 0 Å². The van der Waals surface area contributed by atoms with Crippen molar-refractivity contribution in [2.75, 3.05) is 6.54 Å². The molecule has 5 heteroatoms. The molecule has 0 heterocycles. The molecule has 1 aliphatic rings. The minimum Gasteiger partial charge on any atom is -0.355 e. The average Bonchev–Trinajstić information content (AvgIpc) is 2.95. The first-order valence-corrected chi connectivity index (χ1v) is 5.87. The van der Waals surface area contributed by atoms with Crippen LogP contribution >= 0.6 is 0 Å². The van der Waals surface area contributed by atoms with Gasteiger partial charge in [0.1, 0.15) is 0 Å². The van der Waals surface area contributed by atoms with E-state index in [0.29, 0.717) is 13.0 Å². The maximum atomic E-state index is 11.4. The fourth-order valence-corrected chi connectivity index (χ4v) is 1.40. The second-order valence-electron chi connectivity index (χ2n) is 4.42. The van der Waals surface area contributed by atoms with Gasteiger partial charge in [-0.05, 0) is 19.8 Å². The predicted molar refractivity (Wildman–Crippen MR) is 61.6 cm³/mol. The zero-order valence-corrected chi connectivity index (χ0v) is 9.95. The van der Waals surface area contributed by atoms with Crippen molar-refractivity contribution in [3.63, 3.8) is 0 Å². The van der Waals surface area contributed by atoms with Gasteiger partial charge in [0.15, 0.2) is 0 Å². The Morgan fingerprint density at radius 1 is 1.50 bits per heavy atom. The molecule has 5 nitrogen and oxygen atoms in total. The molecule has 0 radical (unpaired) electrons. The third-order valence-electron chi connectivity index (χ3n) is 2.85. The average molecular weight is 227 g/mol. The molecule has 0 bridgehead atoms. The fourth-order valence-electron chi connectivity index (χ4n) is 1.40. The van der Waals surface area contributed by atoms with Gasteiger partial charge >= 0.3 is 0 Å². The first kappa shape index (κ1) is 13.0. The molecule has 4 N–H and O–H groups in total. The van der Waals surface area contributed by atoms with Crippen LogP contribution in [0.3, 0.4) is 0 Å². The monoisotopic (exact) mass is 227 g/mol. The summed E-state index contributed by atoms with van der Waals surface area (Å²) in [7, 11) is 0. The number of hydrogen-bond donors (Lipinski definition) is 3. The van der Waals surface area contributed by atoms with Crippen LogP contribution in [0.5, 0.6) is 0 Å². The molecule has 0 aromatic carbocycles. The van der Waals surface area contributed by atoms with Crippen LogP contribution in [0.15, 0.2) is 0 Å². The third kappa shape index (κ3) is 4.18. The van der Waals surface area contributed by atoms with Crippen molar-refractivity contribution >= 4 is 11.8 Å². The van der Waals surface area contributed by atoms with E-state index in [2.05, 4.69) is 10.6 Å². The maximum absolute atomic E-state index is 11.4. The van der Waals surface area contributed by atoms with E-state index in [4.69, 9.17) is 5.73 Å². The van der Waals surface area contributed by atoms with Crippen LogP contribution in [-0.2, 0) is 9.59 Å². The molecule has 2 amide bonds. The Bertz CT molecular complexity index is 268. The van der Waals surface area contributed by atoms with Crippen LogP contribution in [0, 0.1) is 5.92 Å². The lowest BCUT2D eigenvalue weighted by Crippen LogP contribution is -2.36. The van der Waals surface area contributed by atoms with Crippen LogP contribution in [0.1, 0.15) is 33.1 Å². The standard InChI is InChI=1S/C11H21N3O2/c1-3-7(2)14-10(15)4-5-13-11(16)8-6-9(8)12/h7-9H,3-6,12H2,1-2H3,(H,13,16)(H,14,15). The summed E-state index contributed by atoms with van der Waals surface area (Å²) in [4.78, 5) is 22.7. The minimum absolute atomic E-state index is 0.0188. The maximum Gasteiger partial charge on any atom is 0.224 e. The quantitative estimate of drug-likeness (QED) is 0.585. The lowest BCUT2D eigenvalue weighted by Gasteiger charge is -2.11. The van der Waals surface area contributed by atoms with Crippen LogP contribution < -0.4 is 16.4 Å². The molecule has 0 aromatic rings. The van der Waals surface area contributed by atoms with Gasteiger partial charge in [0.2, 0.25) is 11.8 Å². The van der Waals surface area contributed by atoms with Crippen LogP contribution in [0.2, 0.25) is 0 Å². The van der Waals surface area contributed by atoms with E-state index >= 15 is 0 Å². The van der Waals surface area contributed by atoms with Gasteiger partial charge in [0, 0.05) is 25.0 Å². The summed E-state index contributed by atoms with van der Waals surface area (Å²) in [6.45, 7) is 4.37. The first-order chi connectivity index (χ1) is 7.54. The van der Waals surface area contributed by atoms with Crippen molar-refractivity contribution in [2.24, 2.45) is 11.7 Å². The second kappa shape index (κ2) is 5.84. The molecule has 92 valence electrons. The van der Waals surface area contributed by atoms with Crippen molar-refractivity contribution in [3.05, 3.63) is 0 Å². The predicted octanol–water partition coefficient (Wildman–Crippen LogP) is -0.245. The Morgan fingerprint density at radius 2 is 2.12 bits per heavy atom. The van der Waals surface area contributed by atoms with Crippen molar-refractivity contribution in [1.29, 1.82) is 0 Å². The van der Waals surface area contributed by atoms with Crippen LogP contribution in [0.4, 0.5) is 0 Å². The zero-order valence-electron chi connectivity index (χ0n) is 9.95. The lowest BCUT2D eigenvalue weighted by atomic mass is 10.2. The van der Waals surface area contributed by atoms with Gasteiger partial charge < -0.3 is 16.4 Å². The summed E-state index contributed by atoms with van der Waals surface area (Å²) in [5.74, 6) is -0.0730. The van der Waals surface area contributed by atoms with E-state index in [9.17, 15) is 9.59 Å². The number of nitrogens with one attached hydrogen (secondary N) is 2.